The Hall–Kier alpha value is -0.340. The van der Waals surface area contributed by atoms with Crippen molar-refractivity contribution in [2.45, 2.75) is 20.0 Å². The van der Waals surface area contributed by atoms with Crippen molar-refractivity contribution < 1.29 is 5.11 Å². The van der Waals surface area contributed by atoms with Crippen molar-refractivity contribution in [1.82, 2.24) is 5.32 Å². The number of aliphatic hydroxyl groups is 1. The molecule has 1 aliphatic rings. The Morgan fingerprint density at radius 2 is 2.20 bits per heavy atom. The molecule has 10 heavy (non-hydrogen) atoms. The zero-order chi connectivity index (χ0) is 7.56. The number of rotatable bonds is 1. The summed E-state index contributed by atoms with van der Waals surface area (Å²) in [6.07, 6.45) is 1.96. The first-order chi connectivity index (χ1) is 4.70. The Morgan fingerprint density at radius 1 is 1.50 bits per heavy atom. The minimum absolute atomic E-state index is 0.171. The Kier molecular flexibility index (Phi) is 2.46. The van der Waals surface area contributed by atoms with Crippen LogP contribution in [-0.2, 0) is 0 Å². The maximum atomic E-state index is 9.33. The van der Waals surface area contributed by atoms with E-state index in [1.54, 1.807) is 0 Å². The van der Waals surface area contributed by atoms with E-state index in [4.69, 9.17) is 0 Å². The van der Waals surface area contributed by atoms with Gasteiger partial charge in [-0.3, -0.25) is 0 Å². The fraction of sp³-hybridized carbons (Fsp3) is 0.750. The van der Waals surface area contributed by atoms with E-state index in [1.807, 2.05) is 0 Å². The third-order valence-electron chi connectivity index (χ3n) is 1.78. The second kappa shape index (κ2) is 3.17. The third kappa shape index (κ3) is 1.82. The number of aliphatic hydroxyl groups excluding tert-OH is 1. The van der Waals surface area contributed by atoms with Crippen molar-refractivity contribution in [1.29, 1.82) is 0 Å². The topological polar surface area (TPSA) is 32.3 Å². The average molecular weight is 141 g/mol. The van der Waals surface area contributed by atoms with Gasteiger partial charge in [-0.2, -0.15) is 0 Å². The van der Waals surface area contributed by atoms with Crippen LogP contribution in [0, 0.1) is 5.92 Å². The van der Waals surface area contributed by atoms with Crippen LogP contribution in [0.15, 0.2) is 11.6 Å². The molecule has 2 atom stereocenters. The first-order valence-corrected chi connectivity index (χ1v) is 3.74. The summed E-state index contributed by atoms with van der Waals surface area (Å²) in [5, 5.41) is 12.5. The van der Waals surface area contributed by atoms with E-state index >= 15 is 0 Å². The molecule has 58 valence electrons. The van der Waals surface area contributed by atoms with Crippen molar-refractivity contribution >= 4 is 0 Å². The fourth-order valence-electron chi connectivity index (χ4n) is 1.28. The molecule has 2 N–H and O–H groups in total. The van der Waals surface area contributed by atoms with Crippen LogP contribution in [0.4, 0.5) is 0 Å². The highest BCUT2D eigenvalue weighted by atomic mass is 16.3. The van der Waals surface area contributed by atoms with E-state index in [0.717, 1.165) is 13.1 Å². The number of hydrogen-bond acceptors (Lipinski definition) is 2. The van der Waals surface area contributed by atoms with Crippen LogP contribution in [-0.4, -0.2) is 24.3 Å². The molecule has 0 spiro atoms. The van der Waals surface area contributed by atoms with Gasteiger partial charge in [-0.05, 0) is 13.8 Å². The van der Waals surface area contributed by atoms with Crippen LogP contribution in [0.5, 0.6) is 0 Å². The molecule has 0 amide bonds. The van der Waals surface area contributed by atoms with Crippen LogP contribution in [0.25, 0.3) is 0 Å². The van der Waals surface area contributed by atoms with Crippen molar-refractivity contribution in [3.63, 3.8) is 0 Å². The second-order valence-corrected chi connectivity index (χ2v) is 3.13. The Morgan fingerprint density at radius 3 is 2.60 bits per heavy atom. The highest BCUT2D eigenvalue weighted by Crippen LogP contribution is 2.11. The molecule has 0 aromatic rings. The van der Waals surface area contributed by atoms with Gasteiger partial charge in [0.1, 0.15) is 0 Å². The Bertz CT molecular complexity index is 138. The number of hydrogen-bond donors (Lipinski definition) is 2. The van der Waals surface area contributed by atoms with Crippen LogP contribution in [0.1, 0.15) is 13.8 Å². The van der Waals surface area contributed by atoms with Crippen LogP contribution in [0.2, 0.25) is 0 Å². The van der Waals surface area contributed by atoms with Gasteiger partial charge < -0.3 is 10.4 Å². The molecule has 2 nitrogen and oxygen atoms in total. The van der Waals surface area contributed by atoms with Crippen LogP contribution in [0.3, 0.4) is 0 Å². The summed E-state index contributed by atoms with van der Waals surface area (Å²) < 4.78 is 0. The highest BCUT2D eigenvalue weighted by Gasteiger charge is 2.21. The first-order valence-electron chi connectivity index (χ1n) is 3.74. The SMILES string of the molecule is CC(C)=CC1CNCC1O. The van der Waals surface area contributed by atoms with E-state index in [2.05, 4.69) is 25.2 Å². The van der Waals surface area contributed by atoms with Crippen molar-refractivity contribution in [2.75, 3.05) is 13.1 Å². The molecule has 0 saturated carbocycles. The molecule has 0 bridgehead atoms. The zero-order valence-electron chi connectivity index (χ0n) is 6.59. The summed E-state index contributed by atoms with van der Waals surface area (Å²) in [5.41, 5.74) is 1.28. The standard InChI is InChI=1S/C8H15NO/c1-6(2)3-7-4-9-5-8(7)10/h3,7-10H,4-5H2,1-2H3. The minimum atomic E-state index is -0.171. The number of β-amino-alcohol motifs (C(OH)–C–C–N with tert-alkyl or cyclic N) is 1. The fourth-order valence-corrected chi connectivity index (χ4v) is 1.28. The van der Waals surface area contributed by atoms with Gasteiger partial charge in [-0.25, -0.2) is 0 Å². The summed E-state index contributed by atoms with van der Waals surface area (Å²) in [6, 6.07) is 0. The molecule has 2 unspecified atom stereocenters. The largest absolute Gasteiger partial charge is 0.391 e. The summed E-state index contributed by atoms with van der Waals surface area (Å²) in [5.74, 6) is 0.338. The Balaban J connectivity index is 2.48. The van der Waals surface area contributed by atoms with E-state index in [9.17, 15) is 5.11 Å². The molecule has 1 rings (SSSR count). The van der Waals surface area contributed by atoms with Gasteiger partial charge in [0.15, 0.2) is 0 Å². The summed E-state index contributed by atoms with van der Waals surface area (Å²) in [4.78, 5) is 0. The lowest BCUT2D eigenvalue weighted by Gasteiger charge is -2.07. The molecule has 1 fully saturated rings. The molecule has 2 heteroatoms. The monoisotopic (exact) mass is 141 g/mol. The van der Waals surface area contributed by atoms with Gasteiger partial charge in [0.25, 0.3) is 0 Å². The maximum absolute atomic E-state index is 9.33. The predicted molar refractivity (Wildman–Crippen MR) is 41.8 cm³/mol. The normalized spacial score (nSPS) is 32.3. The van der Waals surface area contributed by atoms with Crippen molar-refractivity contribution in [2.24, 2.45) is 5.92 Å². The van der Waals surface area contributed by atoms with Gasteiger partial charge in [-0.1, -0.05) is 11.6 Å². The molecule has 0 aromatic carbocycles. The average Bonchev–Trinajstić information content (AvgIpc) is 2.15. The smallest absolute Gasteiger partial charge is 0.0739 e. The van der Waals surface area contributed by atoms with Crippen molar-refractivity contribution in [3.8, 4) is 0 Å². The van der Waals surface area contributed by atoms with E-state index in [0.29, 0.717) is 5.92 Å². The lowest BCUT2D eigenvalue weighted by Crippen LogP contribution is -2.15. The first kappa shape index (κ1) is 7.76. The summed E-state index contributed by atoms with van der Waals surface area (Å²) in [6.45, 7) is 5.79. The van der Waals surface area contributed by atoms with E-state index < -0.39 is 0 Å². The molecular formula is C8H15NO. The van der Waals surface area contributed by atoms with Gasteiger partial charge in [-0.15, -0.1) is 0 Å². The van der Waals surface area contributed by atoms with Gasteiger partial charge in [0.2, 0.25) is 0 Å². The number of allylic oxidation sites excluding steroid dienone is 1. The maximum Gasteiger partial charge on any atom is 0.0739 e. The second-order valence-electron chi connectivity index (χ2n) is 3.13. The van der Waals surface area contributed by atoms with Crippen molar-refractivity contribution in [3.05, 3.63) is 11.6 Å². The van der Waals surface area contributed by atoms with E-state index in [-0.39, 0.29) is 6.10 Å². The lowest BCUT2D eigenvalue weighted by molar-refractivity contribution is 0.167. The third-order valence-corrected chi connectivity index (χ3v) is 1.78. The van der Waals surface area contributed by atoms with Crippen LogP contribution >= 0.6 is 0 Å². The Labute approximate surface area is 61.9 Å². The molecule has 0 aliphatic carbocycles. The highest BCUT2D eigenvalue weighted by molar-refractivity contribution is 5.02. The quantitative estimate of drug-likeness (QED) is 0.522. The molecule has 0 aromatic heterocycles. The summed E-state index contributed by atoms with van der Waals surface area (Å²) >= 11 is 0. The van der Waals surface area contributed by atoms with Crippen LogP contribution < -0.4 is 5.32 Å². The molecule has 1 aliphatic heterocycles. The lowest BCUT2D eigenvalue weighted by atomic mass is 10.0. The van der Waals surface area contributed by atoms with Gasteiger partial charge in [0.05, 0.1) is 6.10 Å². The number of nitrogens with one attached hydrogen (secondary N) is 1. The zero-order valence-corrected chi connectivity index (χ0v) is 6.59. The molecule has 0 radical (unpaired) electrons. The van der Waals surface area contributed by atoms with Gasteiger partial charge >= 0.3 is 0 Å². The summed E-state index contributed by atoms with van der Waals surface area (Å²) in [7, 11) is 0. The molecular weight excluding hydrogens is 126 g/mol. The molecule has 1 heterocycles. The van der Waals surface area contributed by atoms with E-state index in [1.165, 1.54) is 5.57 Å². The minimum Gasteiger partial charge on any atom is -0.391 e. The van der Waals surface area contributed by atoms with Gasteiger partial charge in [0, 0.05) is 19.0 Å². The predicted octanol–water partition coefficient (Wildman–Crippen LogP) is 0.533. The molecule has 1 saturated heterocycles.